The highest BCUT2D eigenvalue weighted by Crippen LogP contribution is 2.51. The third-order valence-electron chi connectivity index (χ3n) is 2.21. The Balaban J connectivity index is 2.29. The van der Waals surface area contributed by atoms with Gasteiger partial charge in [-0.3, -0.25) is 0 Å². The van der Waals surface area contributed by atoms with Gasteiger partial charge in [-0.1, -0.05) is 23.7 Å². The molecule has 0 atom stereocenters. The number of rotatable bonds is 1. The van der Waals surface area contributed by atoms with E-state index in [4.69, 9.17) is 11.6 Å². The summed E-state index contributed by atoms with van der Waals surface area (Å²) in [5.74, 6) is 2.51. The van der Waals surface area contributed by atoms with E-state index in [1.807, 2.05) is 35.7 Å². The molecule has 0 amide bonds. The average Bonchev–Trinajstić information content (AvgIpc) is 2.54. The fraction of sp³-hybridized carbons (Fsp3) is 0.400. The van der Waals surface area contributed by atoms with Gasteiger partial charge in [0.05, 0.1) is 4.08 Å². The van der Waals surface area contributed by atoms with Crippen molar-refractivity contribution in [3.8, 4) is 0 Å². The summed E-state index contributed by atoms with van der Waals surface area (Å²) in [5.41, 5.74) is 1.38. The first-order chi connectivity index (χ1) is 6.21. The van der Waals surface area contributed by atoms with Crippen LogP contribution in [0.5, 0.6) is 0 Å². The molecule has 13 heavy (non-hydrogen) atoms. The maximum absolute atomic E-state index is 5.85. The van der Waals surface area contributed by atoms with Gasteiger partial charge >= 0.3 is 0 Å². The Bertz CT molecular complexity index is 288. The van der Waals surface area contributed by atoms with Gasteiger partial charge < -0.3 is 0 Å². The van der Waals surface area contributed by atoms with Crippen molar-refractivity contribution in [2.45, 2.75) is 11.0 Å². The SMILES string of the molecule is CC1(c2ccc(Cl)cc2)SCCS1. The van der Waals surface area contributed by atoms with E-state index in [1.165, 1.54) is 17.1 Å². The van der Waals surface area contributed by atoms with E-state index in [0.717, 1.165) is 5.02 Å². The molecule has 1 aromatic rings. The summed E-state index contributed by atoms with van der Waals surface area (Å²) in [6.07, 6.45) is 0. The number of halogens is 1. The molecule has 0 unspecified atom stereocenters. The molecule has 0 radical (unpaired) electrons. The lowest BCUT2D eigenvalue weighted by Crippen LogP contribution is -2.07. The van der Waals surface area contributed by atoms with Crippen LogP contribution in [0.4, 0.5) is 0 Å². The average molecular weight is 231 g/mol. The van der Waals surface area contributed by atoms with Crippen LogP contribution in [0.25, 0.3) is 0 Å². The van der Waals surface area contributed by atoms with E-state index in [0.29, 0.717) is 0 Å². The molecular formula is C10H11ClS2. The molecule has 1 aliphatic rings. The Morgan fingerprint density at radius 1 is 1.15 bits per heavy atom. The van der Waals surface area contributed by atoms with E-state index in [2.05, 4.69) is 19.1 Å². The molecule has 0 saturated carbocycles. The summed E-state index contributed by atoms with van der Waals surface area (Å²) < 4.78 is 0.255. The molecule has 70 valence electrons. The fourth-order valence-electron chi connectivity index (χ4n) is 1.43. The molecule has 0 spiro atoms. The fourth-order valence-corrected chi connectivity index (χ4v) is 4.44. The number of benzene rings is 1. The summed E-state index contributed by atoms with van der Waals surface area (Å²) >= 11 is 9.90. The van der Waals surface area contributed by atoms with Gasteiger partial charge in [0.2, 0.25) is 0 Å². The van der Waals surface area contributed by atoms with Gasteiger partial charge in [0, 0.05) is 16.5 Å². The van der Waals surface area contributed by atoms with Crippen LogP contribution in [-0.2, 0) is 4.08 Å². The van der Waals surface area contributed by atoms with E-state index in [9.17, 15) is 0 Å². The second-order valence-corrected chi connectivity index (χ2v) is 6.87. The minimum atomic E-state index is 0.255. The minimum Gasteiger partial charge on any atom is -0.139 e. The standard InChI is InChI=1S/C10H11ClS2/c1-10(12-6-7-13-10)8-2-4-9(11)5-3-8/h2-5H,6-7H2,1H3. The third-order valence-corrected chi connectivity index (χ3v) is 5.81. The lowest BCUT2D eigenvalue weighted by molar-refractivity contribution is 1.02. The first-order valence-corrected chi connectivity index (χ1v) is 6.60. The second-order valence-electron chi connectivity index (χ2n) is 3.15. The van der Waals surface area contributed by atoms with Crippen LogP contribution in [0.15, 0.2) is 24.3 Å². The largest absolute Gasteiger partial charge is 0.139 e. The Labute approximate surface area is 92.4 Å². The van der Waals surface area contributed by atoms with Crippen LogP contribution in [0, 0.1) is 0 Å². The monoisotopic (exact) mass is 230 g/mol. The number of thioether (sulfide) groups is 2. The molecule has 1 heterocycles. The van der Waals surface area contributed by atoms with Crippen molar-refractivity contribution in [1.29, 1.82) is 0 Å². The number of hydrogen-bond acceptors (Lipinski definition) is 2. The van der Waals surface area contributed by atoms with Crippen molar-refractivity contribution < 1.29 is 0 Å². The highest BCUT2D eigenvalue weighted by molar-refractivity contribution is 8.20. The van der Waals surface area contributed by atoms with Crippen LogP contribution < -0.4 is 0 Å². The lowest BCUT2D eigenvalue weighted by atomic mass is 10.2. The van der Waals surface area contributed by atoms with Crippen molar-refractivity contribution in [3.05, 3.63) is 34.9 Å². The van der Waals surface area contributed by atoms with Crippen molar-refractivity contribution >= 4 is 35.1 Å². The van der Waals surface area contributed by atoms with E-state index >= 15 is 0 Å². The Kier molecular flexibility index (Phi) is 2.82. The van der Waals surface area contributed by atoms with Crippen LogP contribution in [0.3, 0.4) is 0 Å². The second kappa shape index (κ2) is 3.76. The Morgan fingerprint density at radius 2 is 1.69 bits per heavy atom. The predicted octanol–water partition coefficient (Wildman–Crippen LogP) is 3.99. The maximum atomic E-state index is 5.85. The zero-order chi connectivity index (χ0) is 9.31. The lowest BCUT2D eigenvalue weighted by Gasteiger charge is -2.22. The molecule has 0 aromatic heterocycles. The van der Waals surface area contributed by atoms with E-state index in [-0.39, 0.29) is 4.08 Å². The van der Waals surface area contributed by atoms with Gasteiger partial charge in [-0.2, -0.15) is 0 Å². The molecule has 1 saturated heterocycles. The molecule has 1 aliphatic heterocycles. The van der Waals surface area contributed by atoms with E-state index in [1.54, 1.807) is 0 Å². The highest BCUT2D eigenvalue weighted by Gasteiger charge is 2.31. The molecule has 2 rings (SSSR count). The normalized spacial score (nSPS) is 20.5. The van der Waals surface area contributed by atoms with Crippen molar-refractivity contribution in [2.24, 2.45) is 0 Å². The van der Waals surface area contributed by atoms with E-state index < -0.39 is 0 Å². The van der Waals surface area contributed by atoms with Gasteiger partial charge in [-0.25, -0.2) is 0 Å². The topological polar surface area (TPSA) is 0 Å². The first-order valence-electron chi connectivity index (χ1n) is 4.25. The third kappa shape index (κ3) is 2.00. The molecule has 0 aliphatic carbocycles. The predicted molar refractivity (Wildman–Crippen MR) is 63.7 cm³/mol. The molecule has 0 bridgehead atoms. The van der Waals surface area contributed by atoms with Crippen LogP contribution in [0.2, 0.25) is 5.02 Å². The minimum absolute atomic E-state index is 0.255. The molecule has 0 N–H and O–H groups in total. The summed E-state index contributed by atoms with van der Waals surface area (Å²) in [4.78, 5) is 0. The van der Waals surface area contributed by atoms with Crippen LogP contribution >= 0.6 is 35.1 Å². The molecule has 0 nitrogen and oxygen atoms in total. The van der Waals surface area contributed by atoms with Gasteiger partial charge in [0.25, 0.3) is 0 Å². The molecular weight excluding hydrogens is 220 g/mol. The quantitative estimate of drug-likeness (QED) is 0.716. The smallest absolute Gasteiger partial charge is 0.0832 e. The molecule has 1 aromatic carbocycles. The first kappa shape index (κ1) is 9.75. The number of hydrogen-bond donors (Lipinski definition) is 0. The summed E-state index contributed by atoms with van der Waals surface area (Å²) in [7, 11) is 0. The van der Waals surface area contributed by atoms with Crippen molar-refractivity contribution in [2.75, 3.05) is 11.5 Å². The van der Waals surface area contributed by atoms with Crippen molar-refractivity contribution in [3.63, 3.8) is 0 Å². The van der Waals surface area contributed by atoms with Crippen LogP contribution in [-0.4, -0.2) is 11.5 Å². The highest BCUT2D eigenvalue weighted by atomic mass is 35.5. The maximum Gasteiger partial charge on any atom is 0.0832 e. The van der Waals surface area contributed by atoms with Gasteiger partial charge in [0.1, 0.15) is 0 Å². The molecule has 1 fully saturated rings. The summed E-state index contributed by atoms with van der Waals surface area (Å²) in [6.45, 7) is 2.29. The Hall–Kier alpha value is 0.210. The summed E-state index contributed by atoms with van der Waals surface area (Å²) in [5, 5.41) is 0.820. The zero-order valence-electron chi connectivity index (χ0n) is 7.42. The molecule has 3 heteroatoms. The van der Waals surface area contributed by atoms with Gasteiger partial charge in [-0.15, -0.1) is 23.5 Å². The van der Waals surface area contributed by atoms with Gasteiger partial charge in [0.15, 0.2) is 0 Å². The van der Waals surface area contributed by atoms with Crippen molar-refractivity contribution in [1.82, 2.24) is 0 Å². The summed E-state index contributed by atoms with van der Waals surface area (Å²) in [6, 6.07) is 8.21. The van der Waals surface area contributed by atoms with Gasteiger partial charge in [-0.05, 0) is 24.6 Å². The zero-order valence-corrected chi connectivity index (χ0v) is 9.81. The van der Waals surface area contributed by atoms with Crippen LogP contribution in [0.1, 0.15) is 12.5 Å². The Morgan fingerprint density at radius 3 is 2.23 bits per heavy atom.